The molecular weight excluding hydrogens is 244 g/mol. The summed E-state index contributed by atoms with van der Waals surface area (Å²) in [6.07, 6.45) is 1.58. The van der Waals surface area contributed by atoms with Crippen LogP contribution in [0.2, 0.25) is 0 Å². The Hall–Kier alpha value is -1.62. The number of pyridine rings is 1. The van der Waals surface area contributed by atoms with Crippen molar-refractivity contribution in [2.24, 2.45) is 5.41 Å². The molecule has 0 radical (unpaired) electrons. The van der Waals surface area contributed by atoms with E-state index in [4.69, 9.17) is 9.47 Å². The molecule has 5 heteroatoms. The van der Waals surface area contributed by atoms with Gasteiger partial charge in [-0.3, -0.25) is 4.79 Å². The molecule has 0 aromatic carbocycles. The first-order valence-corrected chi connectivity index (χ1v) is 6.50. The van der Waals surface area contributed by atoms with E-state index in [0.29, 0.717) is 31.3 Å². The van der Waals surface area contributed by atoms with Gasteiger partial charge in [0.2, 0.25) is 5.88 Å². The Kier molecular flexibility index (Phi) is 4.04. The van der Waals surface area contributed by atoms with Gasteiger partial charge in [-0.25, -0.2) is 4.98 Å². The Morgan fingerprint density at radius 1 is 1.63 bits per heavy atom. The van der Waals surface area contributed by atoms with E-state index in [9.17, 15) is 4.79 Å². The Morgan fingerprint density at radius 3 is 3.05 bits per heavy atom. The minimum absolute atomic E-state index is 0.0312. The number of nitrogens with one attached hydrogen (secondary N) is 1. The molecule has 1 amide bonds. The predicted molar refractivity (Wildman–Crippen MR) is 71.3 cm³/mol. The molecular formula is C14H20N2O3. The summed E-state index contributed by atoms with van der Waals surface area (Å²) < 4.78 is 10.7. The monoisotopic (exact) mass is 264 g/mol. The summed E-state index contributed by atoms with van der Waals surface area (Å²) in [6, 6.07) is 3.37. The van der Waals surface area contributed by atoms with Crippen LogP contribution in [0.1, 0.15) is 31.1 Å². The van der Waals surface area contributed by atoms with E-state index >= 15 is 0 Å². The highest BCUT2D eigenvalue weighted by Crippen LogP contribution is 2.27. The van der Waals surface area contributed by atoms with Gasteiger partial charge in [0.1, 0.15) is 0 Å². The van der Waals surface area contributed by atoms with Gasteiger partial charge < -0.3 is 14.8 Å². The summed E-state index contributed by atoms with van der Waals surface area (Å²) in [4.78, 5) is 16.2. The predicted octanol–water partition coefficient (Wildman–Crippen LogP) is 1.64. The van der Waals surface area contributed by atoms with E-state index in [1.165, 1.54) is 0 Å². The summed E-state index contributed by atoms with van der Waals surface area (Å²) >= 11 is 0. The summed E-state index contributed by atoms with van der Waals surface area (Å²) in [5.74, 6) is 0.351. The Bertz CT molecular complexity index is 460. The summed E-state index contributed by atoms with van der Waals surface area (Å²) in [7, 11) is 0. The molecule has 1 aliphatic heterocycles. The smallest absolute Gasteiger partial charge is 0.251 e. The number of hydrogen-bond donors (Lipinski definition) is 1. The molecule has 1 fully saturated rings. The van der Waals surface area contributed by atoms with Gasteiger partial charge in [-0.1, -0.05) is 13.8 Å². The maximum atomic E-state index is 12.2. The fraction of sp³-hybridized carbons (Fsp3) is 0.571. The van der Waals surface area contributed by atoms with Crippen LogP contribution in [0.3, 0.4) is 0 Å². The fourth-order valence-electron chi connectivity index (χ4n) is 2.02. The van der Waals surface area contributed by atoms with Crippen molar-refractivity contribution in [2.75, 3.05) is 19.8 Å². The molecule has 1 saturated heterocycles. The zero-order chi connectivity index (χ0) is 13.9. The van der Waals surface area contributed by atoms with Crippen molar-refractivity contribution in [3.8, 4) is 5.88 Å². The van der Waals surface area contributed by atoms with Crippen LogP contribution >= 0.6 is 0 Å². The van der Waals surface area contributed by atoms with Gasteiger partial charge >= 0.3 is 0 Å². The van der Waals surface area contributed by atoms with Crippen molar-refractivity contribution >= 4 is 5.91 Å². The maximum absolute atomic E-state index is 12.2. The number of carbonyl (C=O) groups excluding carboxylic acids is 1. The van der Waals surface area contributed by atoms with E-state index < -0.39 is 0 Å². The minimum atomic E-state index is -0.119. The first-order chi connectivity index (χ1) is 9.03. The normalized spacial score (nSPS) is 21.1. The van der Waals surface area contributed by atoms with Crippen LogP contribution in [-0.4, -0.2) is 36.8 Å². The third-order valence-corrected chi connectivity index (χ3v) is 3.30. The standard InChI is InChI=1S/C14H20N2O3/c1-4-19-12-7-10(5-6-15-12)13(17)16-11-8-18-9-14(11,2)3/h5-7,11H,4,8-9H2,1-3H3,(H,16,17). The number of aromatic nitrogens is 1. The first kappa shape index (κ1) is 13.8. The van der Waals surface area contributed by atoms with Crippen molar-refractivity contribution in [1.29, 1.82) is 0 Å². The first-order valence-electron chi connectivity index (χ1n) is 6.50. The molecule has 104 valence electrons. The molecule has 2 rings (SSSR count). The zero-order valence-electron chi connectivity index (χ0n) is 11.6. The molecule has 1 aromatic heterocycles. The number of nitrogens with zero attached hydrogens (tertiary/aromatic N) is 1. The van der Waals surface area contributed by atoms with Gasteiger partial charge in [-0.2, -0.15) is 0 Å². The van der Waals surface area contributed by atoms with Crippen LogP contribution in [0, 0.1) is 5.41 Å². The highest BCUT2D eigenvalue weighted by molar-refractivity contribution is 5.94. The Morgan fingerprint density at radius 2 is 2.42 bits per heavy atom. The van der Waals surface area contributed by atoms with E-state index in [2.05, 4.69) is 24.1 Å². The van der Waals surface area contributed by atoms with Crippen LogP contribution < -0.4 is 10.1 Å². The summed E-state index contributed by atoms with van der Waals surface area (Å²) in [6.45, 7) is 7.81. The molecule has 1 N–H and O–H groups in total. The lowest BCUT2D eigenvalue weighted by molar-refractivity contribution is 0.0914. The molecule has 0 saturated carbocycles. The lowest BCUT2D eigenvalue weighted by Gasteiger charge is -2.25. The molecule has 19 heavy (non-hydrogen) atoms. The SMILES string of the molecule is CCOc1cc(C(=O)NC2COCC2(C)C)ccn1. The second kappa shape index (κ2) is 5.57. The highest BCUT2D eigenvalue weighted by atomic mass is 16.5. The maximum Gasteiger partial charge on any atom is 0.251 e. The van der Waals surface area contributed by atoms with Gasteiger partial charge in [0, 0.05) is 23.2 Å². The van der Waals surface area contributed by atoms with Gasteiger partial charge in [0.25, 0.3) is 5.91 Å². The molecule has 5 nitrogen and oxygen atoms in total. The second-order valence-corrected chi connectivity index (χ2v) is 5.35. The number of carbonyl (C=O) groups is 1. The summed E-state index contributed by atoms with van der Waals surface area (Å²) in [5, 5.41) is 3.01. The molecule has 1 atom stereocenters. The minimum Gasteiger partial charge on any atom is -0.478 e. The average Bonchev–Trinajstić information content (AvgIpc) is 2.69. The van der Waals surface area contributed by atoms with E-state index in [1.807, 2.05) is 6.92 Å². The van der Waals surface area contributed by atoms with Gasteiger partial charge in [-0.15, -0.1) is 0 Å². The van der Waals surface area contributed by atoms with Crippen molar-refractivity contribution in [1.82, 2.24) is 10.3 Å². The highest BCUT2D eigenvalue weighted by Gasteiger charge is 2.36. The van der Waals surface area contributed by atoms with Crippen molar-refractivity contribution in [2.45, 2.75) is 26.8 Å². The van der Waals surface area contributed by atoms with Crippen LogP contribution in [0.4, 0.5) is 0 Å². The number of amides is 1. The van der Waals surface area contributed by atoms with Gasteiger partial charge in [-0.05, 0) is 13.0 Å². The van der Waals surface area contributed by atoms with Crippen LogP contribution in [0.5, 0.6) is 5.88 Å². The lowest BCUT2D eigenvalue weighted by Crippen LogP contribution is -2.44. The van der Waals surface area contributed by atoms with E-state index in [1.54, 1.807) is 18.3 Å². The molecule has 1 aromatic rings. The average molecular weight is 264 g/mol. The fourth-order valence-corrected chi connectivity index (χ4v) is 2.02. The molecule has 0 spiro atoms. The van der Waals surface area contributed by atoms with Crippen LogP contribution in [0.15, 0.2) is 18.3 Å². The molecule has 0 aliphatic carbocycles. The Balaban J connectivity index is 2.05. The van der Waals surface area contributed by atoms with Crippen molar-refractivity contribution in [3.63, 3.8) is 0 Å². The quantitative estimate of drug-likeness (QED) is 0.898. The second-order valence-electron chi connectivity index (χ2n) is 5.35. The lowest BCUT2D eigenvalue weighted by atomic mass is 9.88. The number of ether oxygens (including phenoxy) is 2. The van der Waals surface area contributed by atoms with Gasteiger partial charge in [0.15, 0.2) is 0 Å². The molecule has 1 aliphatic rings. The van der Waals surface area contributed by atoms with Crippen molar-refractivity contribution < 1.29 is 14.3 Å². The number of hydrogen-bond acceptors (Lipinski definition) is 4. The Labute approximate surface area is 113 Å². The van der Waals surface area contributed by atoms with Crippen LogP contribution in [0.25, 0.3) is 0 Å². The van der Waals surface area contributed by atoms with Gasteiger partial charge in [0.05, 0.1) is 25.9 Å². The third-order valence-electron chi connectivity index (χ3n) is 3.30. The molecule has 2 heterocycles. The molecule has 0 bridgehead atoms. The van der Waals surface area contributed by atoms with Crippen LogP contribution in [-0.2, 0) is 4.74 Å². The zero-order valence-corrected chi connectivity index (χ0v) is 11.6. The van der Waals surface area contributed by atoms with E-state index in [0.717, 1.165) is 0 Å². The third kappa shape index (κ3) is 3.23. The summed E-state index contributed by atoms with van der Waals surface area (Å²) in [5.41, 5.74) is 0.520. The largest absolute Gasteiger partial charge is 0.478 e. The van der Waals surface area contributed by atoms with Crippen molar-refractivity contribution in [3.05, 3.63) is 23.9 Å². The molecule has 1 unspecified atom stereocenters. The number of rotatable bonds is 4. The van der Waals surface area contributed by atoms with E-state index in [-0.39, 0.29) is 17.4 Å². The topological polar surface area (TPSA) is 60.5 Å².